The molecule has 0 fully saturated rings. The first-order valence-electron chi connectivity index (χ1n) is 10.1. The third-order valence-corrected chi connectivity index (χ3v) is 5.25. The number of benzene rings is 1. The number of aliphatic hydroxyl groups is 1. The molecule has 30 heavy (non-hydrogen) atoms. The van der Waals surface area contributed by atoms with E-state index in [-0.39, 0.29) is 25.0 Å². The zero-order valence-electron chi connectivity index (χ0n) is 18.2. The van der Waals surface area contributed by atoms with E-state index in [1.54, 1.807) is 4.68 Å². The summed E-state index contributed by atoms with van der Waals surface area (Å²) in [5.74, 6) is 0.363. The van der Waals surface area contributed by atoms with Gasteiger partial charge in [0.25, 0.3) is 5.95 Å². The summed E-state index contributed by atoms with van der Waals surface area (Å²) in [5, 5.41) is 17.3. The Morgan fingerprint density at radius 3 is 2.40 bits per heavy atom. The smallest absolute Gasteiger partial charge is 0.251 e. The predicted molar refractivity (Wildman–Crippen MR) is 116 cm³/mol. The molecule has 0 aliphatic rings. The number of hydrogen-bond donors (Lipinski definition) is 2. The highest BCUT2D eigenvalue weighted by atomic mass is 16.3. The summed E-state index contributed by atoms with van der Waals surface area (Å²) in [7, 11) is 0. The van der Waals surface area contributed by atoms with Crippen LogP contribution < -0.4 is 5.32 Å². The van der Waals surface area contributed by atoms with Crippen molar-refractivity contribution in [2.75, 3.05) is 6.61 Å². The summed E-state index contributed by atoms with van der Waals surface area (Å²) in [6.45, 7) is 9.55. The topological polar surface area (TPSA) is 92.9 Å². The SMILES string of the molecule is Cc1cc(C)nc(-n2nc(C)c(CC(=O)N[C@H](CO)Cc3ccccc3C)c2C)n1. The average Bonchev–Trinajstić information content (AvgIpc) is 2.96. The molecule has 158 valence electrons. The number of aromatic nitrogens is 4. The molecule has 0 aliphatic heterocycles. The average molecular weight is 408 g/mol. The van der Waals surface area contributed by atoms with Crippen LogP contribution in [0.25, 0.3) is 5.95 Å². The van der Waals surface area contributed by atoms with Gasteiger partial charge in [-0.3, -0.25) is 4.79 Å². The second-order valence-corrected chi connectivity index (χ2v) is 7.77. The molecule has 0 saturated heterocycles. The molecule has 7 heteroatoms. The number of carbonyl (C=O) groups is 1. The van der Waals surface area contributed by atoms with E-state index in [4.69, 9.17) is 0 Å². The molecule has 2 aromatic heterocycles. The van der Waals surface area contributed by atoms with Crippen LogP contribution in [0.1, 0.15) is 39.5 Å². The number of aryl methyl sites for hydroxylation is 4. The molecule has 1 atom stereocenters. The Morgan fingerprint density at radius 2 is 1.77 bits per heavy atom. The van der Waals surface area contributed by atoms with E-state index >= 15 is 0 Å². The van der Waals surface area contributed by atoms with Gasteiger partial charge in [0, 0.05) is 22.6 Å². The third kappa shape index (κ3) is 4.91. The maximum atomic E-state index is 12.7. The van der Waals surface area contributed by atoms with Crippen molar-refractivity contribution in [3.63, 3.8) is 0 Å². The summed E-state index contributed by atoms with van der Waals surface area (Å²) >= 11 is 0. The first-order valence-corrected chi connectivity index (χ1v) is 10.1. The first-order chi connectivity index (χ1) is 14.3. The van der Waals surface area contributed by atoms with Crippen LogP contribution >= 0.6 is 0 Å². The van der Waals surface area contributed by atoms with E-state index in [2.05, 4.69) is 20.4 Å². The zero-order valence-corrected chi connectivity index (χ0v) is 18.2. The van der Waals surface area contributed by atoms with E-state index < -0.39 is 0 Å². The number of aliphatic hydroxyl groups excluding tert-OH is 1. The summed E-state index contributed by atoms with van der Waals surface area (Å²) in [5.41, 5.74) is 6.45. The standard InChI is InChI=1S/C23H29N5O2/c1-14-8-6-7-9-19(14)11-20(13-29)26-22(30)12-21-17(4)27-28(18(21)5)23-24-15(2)10-16(3)25-23/h6-10,20,29H,11-13H2,1-5H3,(H,26,30)/t20-/m0/s1. The lowest BCUT2D eigenvalue weighted by atomic mass is 10.0. The van der Waals surface area contributed by atoms with Gasteiger partial charge in [-0.15, -0.1) is 0 Å². The van der Waals surface area contributed by atoms with Gasteiger partial charge in [0.05, 0.1) is 24.8 Å². The Hall–Kier alpha value is -3.06. The van der Waals surface area contributed by atoms with Crippen molar-refractivity contribution in [3.8, 4) is 5.95 Å². The van der Waals surface area contributed by atoms with Gasteiger partial charge in [0.2, 0.25) is 5.91 Å². The van der Waals surface area contributed by atoms with E-state index in [0.29, 0.717) is 12.4 Å². The summed E-state index contributed by atoms with van der Waals surface area (Å²) < 4.78 is 1.69. The monoisotopic (exact) mass is 407 g/mol. The van der Waals surface area contributed by atoms with Crippen LogP contribution in [0.15, 0.2) is 30.3 Å². The van der Waals surface area contributed by atoms with Crippen LogP contribution in [0.2, 0.25) is 0 Å². The maximum Gasteiger partial charge on any atom is 0.251 e. The number of amides is 1. The van der Waals surface area contributed by atoms with Gasteiger partial charge in [-0.1, -0.05) is 24.3 Å². The van der Waals surface area contributed by atoms with Gasteiger partial charge in [-0.25, -0.2) is 14.6 Å². The minimum Gasteiger partial charge on any atom is -0.394 e. The Bertz CT molecular complexity index is 1040. The van der Waals surface area contributed by atoms with Crippen LogP contribution in [0.4, 0.5) is 0 Å². The molecule has 1 amide bonds. The van der Waals surface area contributed by atoms with Crippen molar-refractivity contribution in [2.45, 2.75) is 53.5 Å². The summed E-state index contributed by atoms with van der Waals surface area (Å²) in [6, 6.07) is 9.57. The fraction of sp³-hybridized carbons (Fsp3) is 0.391. The van der Waals surface area contributed by atoms with Crippen LogP contribution in [0, 0.1) is 34.6 Å². The van der Waals surface area contributed by atoms with Gasteiger partial charge in [-0.05, 0) is 58.2 Å². The fourth-order valence-electron chi connectivity index (χ4n) is 3.63. The van der Waals surface area contributed by atoms with Crippen molar-refractivity contribution < 1.29 is 9.90 Å². The fourth-order valence-corrected chi connectivity index (χ4v) is 3.63. The molecule has 0 saturated carbocycles. The first kappa shape index (κ1) is 21.6. The van der Waals surface area contributed by atoms with Crippen molar-refractivity contribution in [2.24, 2.45) is 0 Å². The molecule has 0 aliphatic carbocycles. The van der Waals surface area contributed by atoms with E-state index in [1.165, 1.54) is 0 Å². The maximum absolute atomic E-state index is 12.7. The molecule has 1 aromatic carbocycles. The lowest BCUT2D eigenvalue weighted by molar-refractivity contribution is -0.121. The van der Waals surface area contributed by atoms with Gasteiger partial charge < -0.3 is 10.4 Å². The summed E-state index contributed by atoms with van der Waals surface area (Å²) in [6.07, 6.45) is 0.773. The second-order valence-electron chi connectivity index (χ2n) is 7.77. The van der Waals surface area contributed by atoms with Crippen molar-refractivity contribution >= 4 is 5.91 Å². The highest BCUT2D eigenvalue weighted by Crippen LogP contribution is 2.17. The number of nitrogens with one attached hydrogen (secondary N) is 1. The lowest BCUT2D eigenvalue weighted by Gasteiger charge is -2.17. The Morgan fingerprint density at radius 1 is 1.10 bits per heavy atom. The van der Waals surface area contributed by atoms with Crippen LogP contribution in [-0.2, 0) is 17.6 Å². The lowest BCUT2D eigenvalue weighted by Crippen LogP contribution is -2.40. The highest BCUT2D eigenvalue weighted by molar-refractivity contribution is 5.79. The molecule has 0 spiro atoms. The van der Waals surface area contributed by atoms with Gasteiger partial charge in [0.1, 0.15) is 0 Å². The molecule has 7 nitrogen and oxygen atoms in total. The molecular weight excluding hydrogens is 378 g/mol. The normalized spacial score (nSPS) is 12.1. The van der Waals surface area contributed by atoms with Crippen molar-refractivity contribution in [1.82, 2.24) is 25.1 Å². The number of hydrogen-bond acceptors (Lipinski definition) is 5. The van der Waals surface area contributed by atoms with Crippen LogP contribution in [0.5, 0.6) is 0 Å². The Balaban J connectivity index is 1.75. The Kier molecular flexibility index (Phi) is 6.62. The minimum atomic E-state index is -0.336. The molecule has 3 aromatic rings. The van der Waals surface area contributed by atoms with Crippen molar-refractivity contribution in [3.05, 3.63) is 69.8 Å². The second kappa shape index (κ2) is 9.17. The molecule has 0 bridgehead atoms. The van der Waals surface area contributed by atoms with E-state index in [1.807, 2.05) is 65.0 Å². The van der Waals surface area contributed by atoms with Gasteiger partial charge in [0.15, 0.2) is 0 Å². The quantitative estimate of drug-likeness (QED) is 0.628. The zero-order chi connectivity index (χ0) is 21.8. The number of nitrogens with zero attached hydrogens (tertiary/aromatic N) is 4. The van der Waals surface area contributed by atoms with Crippen LogP contribution in [-0.4, -0.2) is 43.4 Å². The molecule has 0 radical (unpaired) electrons. The molecule has 3 rings (SSSR count). The molecule has 2 N–H and O–H groups in total. The summed E-state index contributed by atoms with van der Waals surface area (Å²) in [4.78, 5) is 21.7. The Labute approximate surface area is 177 Å². The molecule has 0 unspecified atom stereocenters. The highest BCUT2D eigenvalue weighted by Gasteiger charge is 2.19. The van der Waals surface area contributed by atoms with Gasteiger partial charge >= 0.3 is 0 Å². The number of rotatable bonds is 7. The number of carbonyl (C=O) groups excluding carboxylic acids is 1. The predicted octanol–water partition coefficient (Wildman–Crippen LogP) is 2.47. The van der Waals surface area contributed by atoms with E-state index in [9.17, 15) is 9.90 Å². The van der Waals surface area contributed by atoms with E-state index in [0.717, 1.165) is 39.5 Å². The molecular formula is C23H29N5O2. The third-order valence-electron chi connectivity index (χ3n) is 5.25. The van der Waals surface area contributed by atoms with Crippen LogP contribution in [0.3, 0.4) is 0 Å². The van der Waals surface area contributed by atoms with Crippen molar-refractivity contribution in [1.29, 1.82) is 0 Å². The largest absolute Gasteiger partial charge is 0.394 e. The van der Waals surface area contributed by atoms with Gasteiger partial charge in [-0.2, -0.15) is 5.10 Å². The minimum absolute atomic E-state index is 0.117. The molecule has 2 heterocycles.